The molecule has 1 rings (SSSR count). The second-order valence-corrected chi connectivity index (χ2v) is 10.1. The van der Waals surface area contributed by atoms with Crippen molar-refractivity contribution in [1.82, 2.24) is 5.32 Å². The Morgan fingerprint density at radius 2 is 1.70 bits per heavy atom. The first-order chi connectivity index (χ1) is 16.5. The highest BCUT2D eigenvalue weighted by molar-refractivity contribution is 5.98. The van der Waals surface area contributed by atoms with Crippen molar-refractivity contribution in [2.75, 3.05) is 33.4 Å². The highest BCUT2D eigenvalue weighted by Crippen LogP contribution is 2.24. The van der Waals surface area contributed by atoms with Crippen molar-refractivity contribution in [3.05, 3.63) is 11.6 Å². The number of carbonyl (C=O) groups excluding carboxylic acids is 2. The molecule has 0 heterocycles. The second kappa shape index (κ2) is 19.6. The van der Waals surface area contributed by atoms with Crippen LogP contribution >= 0.6 is 12.4 Å². The molecule has 0 aromatic heterocycles. The highest BCUT2D eigenvalue weighted by atomic mass is 35.5. The van der Waals surface area contributed by atoms with Crippen molar-refractivity contribution in [1.29, 1.82) is 0 Å². The van der Waals surface area contributed by atoms with E-state index in [0.29, 0.717) is 26.1 Å². The minimum atomic E-state index is -1.31. The molecule has 0 fully saturated rings. The Kier molecular flexibility index (Phi) is 20.0. The number of quaternary nitrogens is 1. The molecule has 37 heavy (non-hydrogen) atoms. The lowest BCUT2D eigenvalue weighted by Crippen LogP contribution is -3.00. The van der Waals surface area contributed by atoms with E-state index in [1.54, 1.807) is 0 Å². The van der Waals surface area contributed by atoms with Gasteiger partial charge in [-0.2, -0.15) is 0 Å². The molecule has 0 unspecified atom stereocenters. The Morgan fingerprint density at radius 3 is 2.22 bits per heavy atom. The number of nitrogens with zero attached hydrogens (tertiary/aromatic N) is 1. The SMILES string of the molecule is CCCC[N+](C)(CCCC)CNC(=O)[C@H](CCCC[NH+]=C(N)N)CC(=O)C1=C[C@@H](O)[C@H](O)[C@H](O)C1.Cl.[Cl-]. The fourth-order valence-electron chi connectivity index (χ4n) is 4.35. The van der Waals surface area contributed by atoms with Gasteiger partial charge in [0.05, 0.1) is 32.8 Å². The third-order valence-corrected chi connectivity index (χ3v) is 6.75. The van der Waals surface area contributed by atoms with Crippen molar-refractivity contribution in [2.24, 2.45) is 17.4 Å². The Bertz CT molecular complexity index is 726. The monoisotopic (exact) mass is 570 g/mol. The molecule has 0 bridgehead atoms. The summed E-state index contributed by atoms with van der Waals surface area (Å²) < 4.78 is 0.755. The molecule has 0 radical (unpaired) electrons. The quantitative estimate of drug-likeness (QED) is 0.0307. The lowest BCUT2D eigenvalue weighted by atomic mass is 9.86. The number of aliphatic hydroxyl groups excluding tert-OH is 3. The van der Waals surface area contributed by atoms with Crippen LogP contribution in [0.3, 0.4) is 0 Å². The zero-order valence-corrected chi connectivity index (χ0v) is 24.2. The summed E-state index contributed by atoms with van der Waals surface area (Å²) >= 11 is 0. The minimum Gasteiger partial charge on any atom is -1.00 e. The smallest absolute Gasteiger partial charge is 0.338 e. The fraction of sp³-hybridized carbons (Fsp3) is 0.800. The summed E-state index contributed by atoms with van der Waals surface area (Å²) in [7, 11) is 2.16. The summed E-state index contributed by atoms with van der Waals surface area (Å²) in [4.78, 5) is 29.0. The molecule has 218 valence electrons. The van der Waals surface area contributed by atoms with Crippen LogP contribution in [0, 0.1) is 5.92 Å². The van der Waals surface area contributed by atoms with Crippen molar-refractivity contribution >= 4 is 30.1 Å². The molecular formula is C25H50Cl2N5O5+. The molecule has 0 aromatic carbocycles. The van der Waals surface area contributed by atoms with Crippen molar-refractivity contribution in [3.8, 4) is 0 Å². The molecule has 1 aliphatic carbocycles. The molecule has 1 aliphatic rings. The first-order valence-corrected chi connectivity index (χ1v) is 13.0. The Balaban J connectivity index is 0. The average molecular weight is 572 g/mol. The number of ketones is 1. The summed E-state index contributed by atoms with van der Waals surface area (Å²) in [5.74, 6) is -0.836. The zero-order valence-electron chi connectivity index (χ0n) is 22.6. The number of rotatable bonds is 17. The number of Topliss-reactive ketones (excluding diaryl/α,β-unsaturated/α-hetero) is 1. The van der Waals surface area contributed by atoms with E-state index in [1.807, 2.05) is 0 Å². The summed E-state index contributed by atoms with van der Waals surface area (Å²) in [6, 6.07) is 0. The minimum absolute atomic E-state index is 0. The standard InChI is InChI=1S/C25H47N5O5.2ClH/c1-4-6-12-30(3,13-7-5-2)17-29-24(35)18(10-8-9-11-28-25(26)27)14-20(31)19-15-21(32)23(34)22(33)16-19;;/h15,18,21-23,32-34H,4-14,16-17H2,1-3H3,(H4-,26,27,28,29,35);2*1H/p+1/t18-,21-,22-,23+;;/m1../s1. The van der Waals surface area contributed by atoms with Crippen molar-refractivity contribution < 1.29 is 46.8 Å². The average Bonchev–Trinajstić information content (AvgIpc) is 2.81. The van der Waals surface area contributed by atoms with Gasteiger partial charge in [-0.1, -0.05) is 26.7 Å². The molecule has 10 nitrogen and oxygen atoms in total. The number of carbonyl (C=O) groups is 2. The van der Waals surface area contributed by atoms with Gasteiger partial charge in [-0.05, 0) is 43.8 Å². The third-order valence-electron chi connectivity index (χ3n) is 6.75. The Labute approximate surface area is 234 Å². The number of nitrogens with two attached hydrogens (primary N) is 2. The number of guanidine groups is 1. The second-order valence-electron chi connectivity index (χ2n) is 10.1. The maximum atomic E-state index is 13.2. The highest BCUT2D eigenvalue weighted by Gasteiger charge is 2.33. The number of hydrogen-bond acceptors (Lipinski definition) is 5. The fourth-order valence-corrected chi connectivity index (χ4v) is 4.35. The first-order valence-electron chi connectivity index (χ1n) is 13.0. The molecule has 1 amide bonds. The van der Waals surface area contributed by atoms with Crippen LogP contribution in [0.4, 0.5) is 0 Å². The maximum absolute atomic E-state index is 13.2. The van der Waals surface area contributed by atoms with E-state index in [1.165, 1.54) is 6.08 Å². The predicted octanol–water partition coefficient (Wildman–Crippen LogP) is -3.95. The van der Waals surface area contributed by atoms with Crippen LogP contribution in [0.1, 0.15) is 71.6 Å². The van der Waals surface area contributed by atoms with E-state index >= 15 is 0 Å². The van der Waals surface area contributed by atoms with E-state index in [9.17, 15) is 24.9 Å². The van der Waals surface area contributed by atoms with Crippen LogP contribution in [-0.4, -0.2) is 89.1 Å². The van der Waals surface area contributed by atoms with Crippen molar-refractivity contribution in [3.63, 3.8) is 0 Å². The number of hydrogen-bond donors (Lipinski definition) is 7. The lowest BCUT2D eigenvalue weighted by Gasteiger charge is -2.35. The van der Waals surface area contributed by atoms with Crippen LogP contribution in [0.5, 0.6) is 0 Å². The molecular weight excluding hydrogens is 521 g/mol. The van der Waals surface area contributed by atoms with E-state index in [-0.39, 0.29) is 60.9 Å². The molecule has 0 saturated carbocycles. The molecule has 12 heteroatoms. The van der Waals surface area contributed by atoms with Gasteiger partial charge in [-0.25, -0.2) is 0 Å². The molecule has 9 N–H and O–H groups in total. The molecule has 0 aromatic rings. The van der Waals surface area contributed by atoms with Crippen LogP contribution in [0.25, 0.3) is 0 Å². The van der Waals surface area contributed by atoms with Crippen LogP contribution in [0.2, 0.25) is 0 Å². The third kappa shape index (κ3) is 14.3. The van der Waals surface area contributed by atoms with E-state index in [0.717, 1.165) is 49.7 Å². The zero-order chi connectivity index (χ0) is 26.4. The molecule has 0 saturated heterocycles. The van der Waals surface area contributed by atoms with Gasteiger partial charge in [0.25, 0.3) is 0 Å². The van der Waals surface area contributed by atoms with Gasteiger partial charge in [0.15, 0.2) is 12.5 Å². The maximum Gasteiger partial charge on any atom is 0.338 e. The topological polar surface area (TPSA) is 173 Å². The van der Waals surface area contributed by atoms with Crippen LogP contribution < -0.4 is 34.2 Å². The summed E-state index contributed by atoms with van der Waals surface area (Å²) in [6.45, 7) is 7.36. The largest absolute Gasteiger partial charge is 1.00 e. The molecule has 0 spiro atoms. The predicted molar refractivity (Wildman–Crippen MR) is 143 cm³/mol. The first kappa shape index (κ1) is 37.7. The molecule has 0 aliphatic heterocycles. The number of halogens is 2. The summed E-state index contributed by atoms with van der Waals surface area (Å²) in [6.07, 6.45) is 3.71. The molecule has 4 atom stereocenters. The van der Waals surface area contributed by atoms with Gasteiger partial charge in [-0.15, -0.1) is 12.4 Å². The number of unbranched alkanes of at least 4 members (excludes halogenated alkanes) is 3. The van der Waals surface area contributed by atoms with Crippen LogP contribution in [0.15, 0.2) is 11.6 Å². The van der Waals surface area contributed by atoms with E-state index < -0.39 is 24.2 Å². The van der Waals surface area contributed by atoms with Gasteiger partial charge in [0, 0.05) is 18.8 Å². The van der Waals surface area contributed by atoms with E-state index in [4.69, 9.17) is 11.5 Å². The number of amides is 1. The summed E-state index contributed by atoms with van der Waals surface area (Å²) in [5, 5.41) is 32.7. The van der Waals surface area contributed by atoms with Gasteiger partial charge in [0.2, 0.25) is 5.91 Å². The van der Waals surface area contributed by atoms with Gasteiger partial charge in [-0.3, -0.25) is 26.0 Å². The van der Waals surface area contributed by atoms with Crippen LogP contribution in [-0.2, 0) is 9.59 Å². The number of nitrogens with one attached hydrogen (secondary N) is 2. The summed E-state index contributed by atoms with van der Waals surface area (Å²) in [5.41, 5.74) is 11.1. The number of aliphatic hydroxyl groups is 3. The van der Waals surface area contributed by atoms with E-state index in [2.05, 4.69) is 31.2 Å². The lowest BCUT2D eigenvalue weighted by molar-refractivity contribution is -0.911. The van der Waals surface area contributed by atoms with Gasteiger partial charge < -0.3 is 37.5 Å². The van der Waals surface area contributed by atoms with Gasteiger partial charge in [0.1, 0.15) is 12.2 Å². The van der Waals surface area contributed by atoms with Gasteiger partial charge >= 0.3 is 5.96 Å². The normalized spacial score (nSPS) is 20.1. The Morgan fingerprint density at radius 1 is 1.11 bits per heavy atom. The van der Waals surface area contributed by atoms with Crippen molar-refractivity contribution in [2.45, 2.75) is 89.9 Å². The Hall–Kier alpha value is -1.43.